The first-order valence-corrected chi connectivity index (χ1v) is 8.48. The molecule has 1 rings (SSSR count). The number of rotatable bonds is 8. The number of aromatic nitrogens is 2. The first-order valence-electron chi connectivity index (χ1n) is 6.59. The number of hydrogen-bond donors (Lipinski definition) is 1. The molecule has 1 aromatic heterocycles. The van der Waals surface area contributed by atoms with E-state index in [-0.39, 0.29) is 10.7 Å². The topological polar surface area (TPSA) is 99.7 Å². The van der Waals surface area contributed by atoms with Gasteiger partial charge in [0.25, 0.3) is 0 Å². The van der Waals surface area contributed by atoms with Crippen molar-refractivity contribution in [3.8, 4) is 0 Å². The fourth-order valence-corrected chi connectivity index (χ4v) is 3.00. The third-order valence-corrected chi connectivity index (χ3v) is 4.18. The van der Waals surface area contributed by atoms with Gasteiger partial charge in [-0.3, -0.25) is 0 Å². The lowest BCUT2D eigenvalue weighted by atomic mass is 10.4. The third kappa shape index (κ3) is 4.08. The summed E-state index contributed by atoms with van der Waals surface area (Å²) in [5.41, 5.74) is 5.94. The van der Waals surface area contributed by atoms with E-state index in [2.05, 4.69) is 5.10 Å². The van der Waals surface area contributed by atoms with Crippen LogP contribution in [0.4, 0.5) is 11.6 Å². The zero-order valence-electron chi connectivity index (χ0n) is 13.2. The van der Waals surface area contributed by atoms with Gasteiger partial charge in [0.05, 0.1) is 6.54 Å². The highest BCUT2D eigenvalue weighted by atomic mass is 32.2. The molecule has 0 spiro atoms. The second-order valence-electron chi connectivity index (χ2n) is 4.81. The maximum atomic E-state index is 12.0. The maximum absolute atomic E-state index is 12.0. The quantitative estimate of drug-likeness (QED) is 0.689. The SMILES string of the molecule is CCCn1nc(N(C)CC(OC)OC)c(S(C)(=O)=O)c1N. The number of hydrogen-bond acceptors (Lipinski definition) is 7. The van der Waals surface area contributed by atoms with Gasteiger partial charge in [-0.2, -0.15) is 5.10 Å². The van der Waals surface area contributed by atoms with E-state index in [4.69, 9.17) is 15.2 Å². The average Bonchev–Trinajstić information content (AvgIpc) is 2.73. The van der Waals surface area contributed by atoms with E-state index in [1.807, 2.05) is 6.92 Å². The summed E-state index contributed by atoms with van der Waals surface area (Å²) in [7, 11) is 1.27. The van der Waals surface area contributed by atoms with Gasteiger partial charge < -0.3 is 20.1 Å². The summed E-state index contributed by atoms with van der Waals surface area (Å²) in [4.78, 5) is 1.71. The van der Waals surface area contributed by atoms with Gasteiger partial charge in [0.1, 0.15) is 5.82 Å². The van der Waals surface area contributed by atoms with E-state index in [0.717, 1.165) is 12.7 Å². The minimum atomic E-state index is -3.49. The molecule has 0 radical (unpaired) electrons. The van der Waals surface area contributed by atoms with Crippen molar-refractivity contribution in [2.75, 3.05) is 44.7 Å². The number of methoxy groups -OCH3 is 2. The Balaban J connectivity index is 3.24. The Morgan fingerprint density at radius 1 is 1.38 bits per heavy atom. The Labute approximate surface area is 125 Å². The molecule has 0 bridgehead atoms. The fourth-order valence-electron chi connectivity index (χ4n) is 1.99. The Morgan fingerprint density at radius 2 is 1.95 bits per heavy atom. The summed E-state index contributed by atoms with van der Waals surface area (Å²) in [6.45, 7) is 2.86. The second kappa shape index (κ2) is 7.10. The summed E-state index contributed by atoms with van der Waals surface area (Å²) < 4.78 is 35.8. The Kier molecular flexibility index (Phi) is 5.99. The molecule has 0 aliphatic heterocycles. The Bertz CT molecular complexity index is 566. The highest BCUT2D eigenvalue weighted by molar-refractivity contribution is 7.91. The van der Waals surface area contributed by atoms with Crippen molar-refractivity contribution in [2.24, 2.45) is 0 Å². The molecule has 0 amide bonds. The number of sulfone groups is 1. The number of nitrogen functional groups attached to an aromatic ring is 1. The van der Waals surface area contributed by atoms with Crippen LogP contribution in [0, 0.1) is 0 Å². The van der Waals surface area contributed by atoms with Crippen LogP contribution in [0.3, 0.4) is 0 Å². The van der Waals surface area contributed by atoms with Crippen LogP contribution in [0.5, 0.6) is 0 Å². The van der Waals surface area contributed by atoms with Crippen molar-refractivity contribution < 1.29 is 17.9 Å². The van der Waals surface area contributed by atoms with Gasteiger partial charge >= 0.3 is 0 Å². The van der Waals surface area contributed by atoms with Crippen molar-refractivity contribution in [3.05, 3.63) is 0 Å². The van der Waals surface area contributed by atoms with Gasteiger partial charge in [-0.15, -0.1) is 0 Å². The molecule has 0 aromatic carbocycles. The molecule has 8 nitrogen and oxygen atoms in total. The van der Waals surface area contributed by atoms with Crippen LogP contribution in [0.25, 0.3) is 0 Å². The molecule has 0 saturated carbocycles. The van der Waals surface area contributed by atoms with Gasteiger partial charge in [-0.25, -0.2) is 13.1 Å². The van der Waals surface area contributed by atoms with E-state index < -0.39 is 16.1 Å². The minimum Gasteiger partial charge on any atom is -0.383 e. The normalized spacial score (nSPS) is 12.1. The molecule has 0 aliphatic rings. The van der Waals surface area contributed by atoms with Crippen LogP contribution in [0.15, 0.2) is 4.90 Å². The van der Waals surface area contributed by atoms with Gasteiger partial charge in [-0.1, -0.05) is 6.92 Å². The number of aryl methyl sites for hydroxylation is 1. The van der Waals surface area contributed by atoms with Crippen LogP contribution < -0.4 is 10.6 Å². The molecule has 9 heteroatoms. The molecular formula is C12H24N4O4S. The Morgan fingerprint density at radius 3 is 2.38 bits per heavy atom. The first-order chi connectivity index (χ1) is 9.76. The fraction of sp³-hybridized carbons (Fsp3) is 0.750. The number of ether oxygens (including phenoxy) is 2. The van der Waals surface area contributed by atoms with Crippen molar-refractivity contribution in [3.63, 3.8) is 0 Å². The Hall–Kier alpha value is -1.32. The highest BCUT2D eigenvalue weighted by Crippen LogP contribution is 2.29. The van der Waals surface area contributed by atoms with Crippen LogP contribution in [-0.4, -0.2) is 58.6 Å². The van der Waals surface area contributed by atoms with Crippen molar-refractivity contribution >= 4 is 21.5 Å². The van der Waals surface area contributed by atoms with Crippen LogP contribution >= 0.6 is 0 Å². The second-order valence-corrected chi connectivity index (χ2v) is 6.77. The van der Waals surface area contributed by atoms with Gasteiger partial charge in [0.2, 0.25) is 0 Å². The van der Waals surface area contributed by atoms with E-state index in [9.17, 15) is 8.42 Å². The third-order valence-electron chi connectivity index (χ3n) is 3.05. The standard InChI is InChI=1S/C12H24N4O4S/c1-6-7-16-11(13)10(21(5,17)18)12(14-16)15(2)8-9(19-3)20-4/h9H,6-8,13H2,1-5H3. The van der Waals surface area contributed by atoms with Gasteiger partial charge in [-0.05, 0) is 6.42 Å². The number of nitrogens with zero attached hydrogens (tertiary/aromatic N) is 3. The van der Waals surface area contributed by atoms with Crippen molar-refractivity contribution in [1.29, 1.82) is 0 Å². The predicted molar refractivity (Wildman–Crippen MR) is 81.1 cm³/mol. The summed E-state index contributed by atoms with van der Waals surface area (Å²) in [5.74, 6) is 0.468. The largest absolute Gasteiger partial charge is 0.383 e. The lowest BCUT2D eigenvalue weighted by molar-refractivity contribution is -0.0945. The molecule has 0 aliphatic carbocycles. The van der Waals surface area contributed by atoms with E-state index in [1.165, 1.54) is 18.9 Å². The molecule has 0 unspecified atom stereocenters. The van der Waals surface area contributed by atoms with Crippen LogP contribution in [-0.2, 0) is 25.9 Å². The summed E-state index contributed by atoms with van der Waals surface area (Å²) in [5, 5.41) is 4.31. The molecule has 2 N–H and O–H groups in total. The maximum Gasteiger partial charge on any atom is 0.182 e. The van der Waals surface area contributed by atoms with E-state index in [0.29, 0.717) is 18.9 Å². The van der Waals surface area contributed by atoms with E-state index >= 15 is 0 Å². The zero-order valence-corrected chi connectivity index (χ0v) is 14.0. The number of likely N-dealkylation sites (N-methyl/N-ethyl adjacent to an activating group) is 1. The molecule has 122 valence electrons. The predicted octanol–water partition coefficient (Wildman–Crippen LogP) is 0.334. The molecule has 1 aromatic rings. The van der Waals surface area contributed by atoms with E-state index in [1.54, 1.807) is 11.9 Å². The van der Waals surface area contributed by atoms with Gasteiger partial charge in [0, 0.05) is 34.1 Å². The smallest absolute Gasteiger partial charge is 0.182 e. The molecule has 21 heavy (non-hydrogen) atoms. The van der Waals surface area contributed by atoms with Crippen molar-refractivity contribution in [2.45, 2.75) is 31.1 Å². The van der Waals surface area contributed by atoms with Crippen LogP contribution in [0.1, 0.15) is 13.3 Å². The zero-order chi connectivity index (χ0) is 16.2. The monoisotopic (exact) mass is 320 g/mol. The molecule has 1 heterocycles. The first kappa shape index (κ1) is 17.7. The lowest BCUT2D eigenvalue weighted by Crippen LogP contribution is -2.32. The number of nitrogens with two attached hydrogens (primary N) is 1. The van der Waals surface area contributed by atoms with Gasteiger partial charge in [0.15, 0.2) is 26.8 Å². The highest BCUT2D eigenvalue weighted by Gasteiger charge is 2.27. The number of anilines is 2. The van der Waals surface area contributed by atoms with Crippen molar-refractivity contribution in [1.82, 2.24) is 9.78 Å². The molecule has 0 saturated heterocycles. The summed E-state index contributed by atoms with van der Waals surface area (Å²) in [6, 6.07) is 0. The molecular weight excluding hydrogens is 296 g/mol. The molecule has 0 atom stereocenters. The lowest BCUT2D eigenvalue weighted by Gasteiger charge is -2.22. The van der Waals surface area contributed by atoms with Crippen LogP contribution in [0.2, 0.25) is 0 Å². The summed E-state index contributed by atoms with van der Waals surface area (Å²) >= 11 is 0. The average molecular weight is 320 g/mol. The minimum absolute atomic E-state index is 0.0457. The molecule has 0 fully saturated rings. The summed E-state index contributed by atoms with van der Waals surface area (Å²) in [6.07, 6.45) is 1.44.